The van der Waals surface area contributed by atoms with E-state index < -0.39 is 12.0 Å². The van der Waals surface area contributed by atoms with Gasteiger partial charge in [-0.05, 0) is 48.7 Å². The molecule has 0 radical (unpaired) electrons. The minimum atomic E-state index is -1.09. The lowest BCUT2D eigenvalue weighted by molar-refractivity contribution is -0.108. The molecule has 1 saturated carbocycles. The number of aromatic amines is 1. The van der Waals surface area contributed by atoms with E-state index in [1.54, 1.807) is 36.4 Å². The predicted molar refractivity (Wildman–Crippen MR) is 128 cm³/mol. The molecule has 0 aliphatic heterocycles. The van der Waals surface area contributed by atoms with Crippen LogP contribution in [0.25, 0.3) is 10.9 Å². The van der Waals surface area contributed by atoms with E-state index in [1.165, 1.54) is 12.4 Å². The molecule has 35 heavy (non-hydrogen) atoms. The molecule has 4 N–H and O–H groups in total. The first kappa shape index (κ1) is 22.2. The van der Waals surface area contributed by atoms with Crippen molar-refractivity contribution in [1.82, 2.24) is 20.2 Å². The second-order valence-electron chi connectivity index (χ2n) is 8.39. The Kier molecular flexibility index (Phi) is 5.92. The van der Waals surface area contributed by atoms with Crippen molar-refractivity contribution in [2.75, 3.05) is 10.6 Å². The number of anilines is 2. The van der Waals surface area contributed by atoms with E-state index >= 15 is 0 Å². The van der Waals surface area contributed by atoms with Crippen molar-refractivity contribution in [2.45, 2.75) is 31.2 Å². The van der Waals surface area contributed by atoms with Gasteiger partial charge in [-0.2, -0.15) is 5.10 Å². The standard InChI is InChI=1S/C25H22N6O4/c32-10-9-19(29-23-17-5-2-6-18(25(34)35)22(17)26-13-27-23)15-3-1-4-16(11-15)28-24(33)21-12-20(30-31-21)14-7-8-14/h1-6,10-14,19H,7-9H2,(H,28,33)(H,30,31)(H,34,35)(H,26,27,29). The fourth-order valence-corrected chi connectivity index (χ4v) is 4.00. The Bertz CT molecular complexity index is 1430. The van der Waals surface area contributed by atoms with E-state index in [0.717, 1.165) is 30.4 Å². The number of aromatic carboxylic acids is 1. The third kappa shape index (κ3) is 4.72. The van der Waals surface area contributed by atoms with Gasteiger partial charge >= 0.3 is 5.97 Å². The zero-order valence-corrected chi connectivity index (χ0v) is 18.6. The summed E-state index contributed by atoms with van der Waals surface area (Å²) in [5, 5.41) is 23.1. The number of benzene rings is 2. The Balaban J connectivity index is 1.39. The van der Waals surface area contributed by atoms with Gasteiger partial charge in [0.1, 0.15) is 18.4 Å². The van der Waals surface area contributed by atoms with Gasteiger partial charge in [0.2, 0.25) is 0 Å². The fourth-order valence-electron chi connectivity index (χ4n) is 4.00. The Morgan fingerprint density at radius 1 is 1.14 bits per heavy atom. The quantitative estimate of drug-likeness (QED) is 0.269. The molecule has 176 valence electrons. The van der Waals surface area contributed by atoms with Gasteiger partial charge in [-0.3, -0.25) is 9.89 Å². The maximum atomic E-state index is 12.7. The van der Waals surface area contributed by atoms with Crippen molar-refractivity contribution in [3.05, 3.63) is 77.4 Å². The first-order valence-electron chi connectivity index (χ1n) is 11.2. The normalized spacial score (nSPS) is 13.8. The summed E-state index contributed by atoms with van der Waals surface area (Å²) in [5.41, 5.74) is 2.96. The number of nitrogens with zero attached hydrogens (tertiary/aromatic N) is 3. The summed E-state index contributed by atoms with van der Waals surface area (Å²) in [6, 6.07) is 13.3. The van der Waals surface area contributed by atoms with Crippen LogP contribution in [0.5, 0.6) is 0 Å². The van der Waals surface area contributed by atoms with Crippen molar-refractivity contribution in [1.29, 1.82) is 0 Å². The third-order valence-electron chi connectivity index (χ3n) is 5.93. The first-order chi connectivity index (χ1) is 17.0. The number of amides is 1. The molecule has 1 atom stereocenters. The Morgan fingerprint density at radius 2 is 1.97 bits per heavy atom. The minimum absolute atomic E-state index is 0.0628. The largest absolute Gasteiger partial charge is 0.478 e. The first-order valence-corrected chi connectivity index (χ1v) is 11.2. The number of carbonyl (C=O) groups is 3. The number of nitrogens with one attached hydrogen (secondary N) is 3. The van der Waals surface area contributed by atoms with Gasteiger partial charge in [-0.25, -0.2) is 14.8 Å². The molecule has 10 heteroatoms. The van der Waals surface area contributed by atoms with Crippen LogP contribution in [0.1, 0.15) is 63.3 Å². The number of hydrogen-bond donors (Lipinski definition) is 4. The fraction of sp³-hybridized carbons (Fsp3) is 0.200. The summed E-state index contributed by atoms with van der Waals surface area (Å²) in [6.45, 7) is 0. The Hall–Kier alpha value is -4.60. The van der Waals surface area contributed by atoms with Crippen LogP contribution in [-0.4, -0.2) is 43.4 Å². The highest BCUT2D eigenvalue weighted by molar-refractivity contribution is 6.04. The summed E-state index contributed by atoms with van der Waals surface area (Å²) in [5.74, 6) is -0.544. The lowest BCUT2D eigenvalue weighted by Gasteiger charge is -2.19. The molecule has 1 amide bonds. The van der Waals surface area contributed by atoms with Crippen molar-refractivity contribution in [2.24, 2.45) is 0 Å². The Morgan fingerprint density at radius 3 is 2.74 bits per heavy atom. The maximum absolute atomic E-state index is 12.7. The summed E-state index contributed by atoms with van der Waals surface area (Å²) < 4.78 is 0. The number of rotatable bonds is 9. The molecule has 2 aromatic carbocycles. The van der Waals surface area contributed by atoms with E-state index in [4.69, 9.17) is 0 Å². The highest BCUT2D eigenvalue weighted by atomic mass is 16.4. The van der Waals surface area contributed by atoms with Gasteiger partial charge in [-0.15, -0.1) is 0 Å². The number of carboxylic acids is 1. The third-order valence-corrected chi connectivity index (χ3v) is 5.93. The van der Waals surface area contributed by atoms with E-state index in [-0.39, 0.29) is 17.9 Å². The number of aldehydes is 1. The van der Waals surface area contributed by atoms with Gasteiger partial charge in [-0.1, -0.05) is 18.2 Å². The van der Waals surface area contributed by atoms with Crippen LogP contribution < -0.4 is 10.6 Å². The van der Waals surface area contributed by atoms with Gasteiger partial charge in [0.15, 0.2) is 5.69 Å². The molecule has 10 nitrogen and oxygen atoms in total. The van der Waals surface area contributed by atoms with E-state index in [1.807, 2.05) is 6.07 Å². The lowest BCUT2D eigenvalue weighted by Crippen LogP contribution is -2.15. The summed E-state index contributed by atoms with van der Waals surface area (Å²) in [4.78, 5) is 44.1. The van der Waals surface area contributed by atoms with Crippen LogP contribution in [-0.2, 0) is 4.79 Å². The van der Waals surface area contributed by atoms with Crippen molar-refractivity contribution < 1.29 is 19.5 Å². The number of carboxylic acid groups (broad SMARTS) is 1. The molecule has 0 bridgehead atoms. The molecule has 1 aliphatic rings. The van der Waals surface area contributed by atoms with Gasteiger partial charge in [0, 0.05) is 29.1 Å². The average molecular weight is 470 g/mol. The molecule has 0 saturated heterocycles. The zero-order valence-electron chi connectivity index (χ0n) is 18.6. The maximum Gasteiger partial charge on any atom is 0.337 e. The molecular weight excluding hydrogens is 448 g/mol. The van der Waals surface area contributed by atoms with Crippen LogP contribution in [0.15, 0.2) is 54.9 Å². The van der Waals surface area contributed by atoms with Gasteiger partial charge in [0.25, 0.3) is 5.91 Å². The molecular formula is C25H22N6O4. The molecule has 4 aromatic rings. The molecule has 5 rings (SSSR count). The van der Waals surface area contributed by atoms with Gasteiger partial charge in [0.05, 0.1) is 17.1 Å². The molecule has 1 unspecified atom stereocenters. The monoisotopic (exact) mass is 470 g/mol. The lowest BCUT2D eigenvalue weighted by atomic mass is 10.0. The number of fused-ring (bicyclic) bond motifs is 1. The van der Waals surface area contributed by atoms with E-state index in [0.29, 0.717) is 34.0 Å². The topological polar surface area (TPSA) is 150 Å². The zero-order chi connectivity index (χ0) is 24.4. The highest BCUT2D eigenvalue weighted by Gasteiger charge is 2.26. The summed E-state index contributed by atoms with van der Waals surface area (Å²) >= 11 is 0. The number of aromatic nitrogens is 4. The molecule has 1 fully saturated rings. The second-order valence-corrected chi connectivity index (χ2v) is 8.39. The summed E-state index contributed by atoms with van der Waals surface area (Å²) in [7, 11) is 0. The predicted octanol–water partition coefficient (Wildman–Crippen LogP) is 3.92. The van der Waals surface area contributed by atoms with Crippen LogP contribution in [0.3, 0.4) is 0 Å². The summed E-state index contributed by atoms with van der Waals surface area (Å²) in [6.07, 6.45) is 4.42. The van der Waals surface area contributed by atoms with Crippen LogP contribution in [0.4, 0.5) is 11.5 Å². The van der Waals surface area contributed by atoms with E-state index in [2.05, 4.69) is 30.8 Å². The van der Waals surface area contributed by atoms with Gasteiger partial charge < -0.3 is 20.5 Å². The molecule has 1 aliphatic carbocycles. The highest BCUT2D eigenvalue weighted by Crippen LogP contribution is 2.39. The van der Waals surface area contributed by atoms with E-state index in [9.17, 15) is 19.5 Å². The number of carbonyl (C=O) groups excluding carboxylic acids is 2. The smallest absolute Gasteiger partial charge is 0.337 e. The molecule has 0 spiro atoms. The molecule has 2 heterocycles. The van der Waals surface area contributed by atoms with Crippen LogP contribution in [0.2, 0.25) is 0 Å². The Labute approximate surface area is 199 Å². The SMILES string of the molecule is O=CCC(Nc1ncnc2c(C(=O)O)cccc12)c1cccc(NC(=O)c2cc(C3CC3)[nH]n2)c1. The van der Waals surface area contributed by atoms with Crippen LogP contribution >= 0.6 is 0 Å². The van der Waals surface area contributed by atoms with Crippen LogP contribution in [0, 0.1) is 0 Å². The second kappa shape index (κ2) is 9.34. The minimum Gasteiger partial charge on any atom is -0.478 e. The number of para-hydroxylation sites is 1. The number of hydrogen-bond acceptors (Lipinski definition) is 7. The number of H-pyrrole nitrogens is 1. The van der Waals surface area contributed by atoms with Crippen molar-refractivity contribution >= 4 is 40.6 Å². The molecule has 2 aromatic heterocycles. The van der Waals surface area contributed by atoms with Crippen molar-refractivity contribution in [3.63, 3.8) is 0 Å². The average Bonchev–Trinajstić information content (AvgIpc) is 3.59. The van der Waals surface area contributed by atoms with Crippen molar-refractivity contribution in [3.8, 4) is 0 Å².